The first-order chi connectivity index (χ1) is 18.4. The number of anilines is 1. The molecule has 1 aromatic rings. The van der Waals surface area contributed by atoms with E-state index in [1.165, 1.54) is 20.3 Å². The molecule has 10 heteroatoms. The molecule has 1 aliphatic heterocycles. The molecule has 218 valence electrons. The number of benzene rings is 1. The Balaban J connectivity index is 2.53. The number of aromatic hydroxyl groups is 1. The number of carbonyl (C=O) groups excluding carboxylic acids is 2. The van der Waals surface area contributed by atoms with Crippen molar-refractivity contribution in [1.29, 1.82) is 0 Å². The lowest BCUT2D eigenvalue weighted by Crippen LogP contribution is -2.37. The lowest BCUT2D eigenvalue weighted by Gasteiger charge is -2.30. The summed E-state index contributed by atoms with van der Waals surface area (Å²) in [5, 5.41) is 24.6. The number of fused-ring (bicyclic) bond motifs is 2. The van der Waals surface area contributed by atoms with E-state index in [9.17, 15) is 19.8 Å². The SMILES string of the molecule is COc1c(O)cc2cc1CC(C)C[C@H](OC)[C@H](O)C(C)/C=C(\C)[C@H](OC(N)=O)[C@@H](OC)CC/C=C(\C)C(=O)N2. The van der Waals surface area contributed by atoms with Gasteiger partial charge in [0, 0.05) is 43.0 Å². The molecule has 1 aromatic carbocycles. The van der Waals surface area contributed by atoms with Gasteiger partial charge in [0.2, 0.25) is 0 Å². The number of rotatable bonds is 4. The van der Waals surface area contributed by atoms with Crippen molar-refractivity contribution >= 4 is 17.7 Å². The third-order valence-corrected chi connectivity index (χ3v) is 7.15. The lowest BCUT2D eigenvalue weighted by atomic mass is 9.88. The summed E-state index contributed by atoms with van der Waals surface area (Å²) in [7, 11) is 4.55. The van der Waals surface area contributed by atoms with E-state index in [0.29, 0.717) is 48.3 Å². The largest absolute Gasteiger partial charge is 0.504 e. The van der Waals surface area contributed by atoms with Gasteiger partial charge in [0.1, 0.15) is 0 Å². The molecule has 2 unspecified atom stereocenters. The Bertz CT molecular complexity index is 1050. The predicted molar refractivity (Wildman–Crippen MR) is 149 cm³/mol. The van der Waals surface area contributed by atoms with Crippen LogP contribution in [-0.4, -0.2) is 68.0 Å². The fourth-order valence-corrected chi connectivity index (χ4v) is 5.08. The van der Waals surface area contributed by atoms with Crippen LogP contribution in [0.2, 0.25) is 0 Å². The summed E-state index contributed by atoms with van der Waals surface area (Å²) in [6.07, 6.45) is 1.95. The number of aliphatic hydroxyl groups excluding tert-OH is 1. The smallest absolute Gasteiger partial charge is 0.405 e. The van der Waals surface area contributed by atoms with Gasteiger partial charge in [-0.05, 0) is 57.1 Å². The Kier molecular flexibility index (Phi) is 12.3. The molecule has 2 amide bonds. The molecule has 39 heavy (non-hydrogen) atoms. The molecule has 0 spiro atoms. The molecule has 0 saturated carbocycles. The maximum absolute atomic E-state index is 12.9. The molecular formula is C29H44N2O8. The Labute approximate surface area is 231 Å². The highest BCUT2D eigenvalue weighted by molar-refractivity contribution is 6.03. The standard InChI is InChI=1S/C29H44N2O8/c1-16-11-20-14-21(15-22(32)27(20)38-7)31-28(34)17(2)9-8-10-23(36-5)26(39-29(30)35)19(4)13-18(3)25(33)24(12-16)37-6/h9,13-16,18,23-26,32-33H,8,10-12H2,1-7H3,(H2,30,35)(H,31,34)/b17-9+,19-13+/t16?,18?,23-,24-,25+,26-/m0/s1. The summed E-state index contributed by atoms with van der Waals surface area (Å²) in [5.41, 5.74) is 7.69. The second-order valence-electron chi connectivity index (χ2n) is 10.3. The third kappa shape index (κ3) is 8.98. The number of carbonyl (C=O) groups is 2. The number of hydrogen-bond acceptors (Lipinski definition) is 8. The number of ether oxygens (including phenoxy) is 4. The molecule has 0 fully saturated rings. The lowest BCUT2D eigenvalue weighted by molar-refractivity contribution is -0.112. The van der Waals surface area contributed by atoms with E-state index < -0.39 is 30.5 Å². The van der Waals surface area contributed by atoms with Gasteiger partial charge in [0.05, 0.1) is 25.4 Å². The van der Waals surface area contributed by atoms with Crippen LogP contribution in [0.5, 0.6) is 11.5 Å². The van der Waals surface area contributed by atoms with Crippen LogP contribution in [-0.2, 0) is 25.4 Å². The summed E-state index contributed by atoms with van der Waals surface area (Å²) in [5.74, 6) is -0.375. The molecule has 0 aromatic heterocycles. The van der Waals surface area contributed by atoms with Crippen molar-refractivity contribution in [3.8, 4) is 11.5 Å². The fraction of sp³-hybridized carbons (Fsp3) is 0.586. The van der Waals surface area contributed by atoms with E-state index in [1.54, 1.807) is 33.1 Å². The fourth-order valence-electron chi connectivity index (χ4n) is 5.08. The molecule has 1 aliphatic rings. The molecule has 2 bridgehead atoms. The first kappa shape index (κ1) is 32.1. The maximum atomic E-state index is 12.9. The summed E-state index contributed by atoms with van der Waals surface area (Å²) in [4.78, 5) is 24.6. The van der Waals surface area contributed by atoms with Gasteiger partial charge in [-0.3, -0.25) is 4.79 Å². The number of primary amides is 1. The Morgan fingerprint density at radius 2 is 1.77 bits per heavy atom. The monoisotopic (exact) mass is 548 g/mol. The number of nitrogens with one attached hydrogen (secondary N) is 1. The highest BCUT2D eigenvalue weighted by Gasteiger charge is 2.30. The number of phenols is 1. The van der Waals surface area contributed by atoms with Crippen LogP contribution in [0.25, 0.3) is 0 Å². The summed E-state index contributed by atoms with van der Waals surface area (Å²) < 4.78 is 22.2. The van der Waals surface area contributed by atoms with E-state index in [2.05, 4.69) is 5.32 Å². The zero-order chi connectivity index (χ0) is 29.3. The van der Waals surface area contributed by atoms with Gasteiger partial charge in [-0.15, -0.1) is 0 Å². The molecule has 6 atom stereocenters. The minimum absolute atomic E-state index is 0.0219. The zero-order valence-electron chi connectivity index (χ0n) is 24.0. The molecule has 5 N–H and O–H groups in total. The van der Waals surface area contributed by atoms with Crippen LogP contribution in [0.3, 0.4) is 0 Å². The average Bonchev–Trinajstić information content (AvgIpc) is 2.87. The van der Waals surface area contributed by atoms with Crippen LogP contribution >= 0.6 is 0 Å². The normalized spacial score (nSPS) is 30.3. The van der Waals surface area contributed by atoms with Crippen LogP contribution in [0, 0.1) is 11.8 Å². The minimum Gasteiger partial charge on any atom is -0.504 e. The Morgan fingerprint density at radius 1 is 1.10 bits per heavy atom. The summed E-state index contributed by atoms with van der Waals surface area (Å²) in [6.45, 7) is 7.38. The topological polar surface area (TPSA) is 150 Å². The first-order valence-corrected chi connectivity index (χ1v) is 13.2. The van der Waals surface area contributed by atoms with Crippen molar-refractivity contribution in [3.05, 3.63) is 41.0 Å². The van der Waals surface area contributed by atoms with Gasteiger partial charge >= 0.3 is 6.09 Å². The molecule has 0 radical (unpaired) electrons. The first-order valence-electron chi connectivity index (χ1n) is 13.2. The van der Waals surface area contributed by atoms with Crippen molar-refractivity contribution in [3.63, 3.8) is 0 Å². The minimum atomic E-state index is -0.934. The van der Waals surface area contributed by atoms with E-state index in [-0.39, 0.29) is 23.5 Å². The van der Waals surface area contributed by atoms with Crippen LogP contribution in [0.15, 0.2) is 35.4 Å². The van der Waals surface area contributed by atoms with Crippen LogP contribution in [0.1, 0.15) is 52.5 Å². The number of phenolic OH excluding ortho intramolecular Hbond substituents is 1. The Morgan fingerprint density at radius 3 is 2.36 bits per heavy atom. The maximum Gasteiger partial charge on any atom is 0.405 e. The number of amides is 2. The summed E-state index contributed by atoms with van der Waals surface area (Å²) in [6, 6.07) is 3.24. The molecule has 0 aliphatic carbocycles. The second kappa shape index (κ2) is 14.9. The van der Waals surface area contributed by atoms with E-state index >= 15 is 0 Å². The van der Waals surface area contributed by atoms with Crippen molar-refractivity contribution in [2.45, 2.75) is 77.8 Å². The van der Waals surface area contributed by atoms with Crippen LogP contribution in [0.4, 0.5) is 10.5 Å². The third-order valence-electron chi connectivity index (χ3n) is 7.15. The number of hydrogen-bond donors (Lipinski definition) is 4. The second-order valence-corrected chi connectivity index (χ2v) is 10.3. The van der Waals surface area contributed by atoms with Gasteiger partial charge < -0.3 is 40.2 Å². The number of nitrogens with two attached hydrogens (primary N) is 1. The quantitative estimate of drug-likeness (QED) is 0.411. The number of allylic oxidation sites excluding steroid dienone is 1. The molecule has 2 rings (SSSR count). The molecular weight excluding hydrogens is 504 g/mol. The van der Waals surface area contributed by atoms with Crippen molar-refractivity contribution < 1.29 is 38.7 Å². The summed E-state index contributed by atoms with van der Waals surface area (Å²) >= 11 is 0. The molecule has 1 heterocycles. The van der Waals surface area contributed by atoms with Crippen molar-refractivity contribution in [2.24, 2.45) is 17.6 Å². The van der Waals surface area contributed by atoms with Crippen molar-refractivity contribution in [1.82, 2.24) is 0 Å². The van der Waals surface area contributed by atoms with Gasteiger partial charge in [0.25, 0.3) is 5.91 Å². The highest BCUT2D eigenvalue weighted by atomic mass is 16.6. The van der Waals surface area contributed by atoms with Gasteiger partial charge in [-0.25, -0.2) is 4.79 Å². The van der Waals surface area contributed by atoms with Crippen LogP contribution < -0.4 is 15.8 Å². The van der Waals surface area contributed by atoms with E-state index in [0.717, 1.165) is 5.56 Å². The average molecular weight is 549 g/mol. The van der Waals surface area contributed by atoms with E-state index in [4.69, 9.17) is 24.7 Å². The number of aliphatic hydroxyl groups is 1. The zero-order valence-corrected chi connectivity index (χ0v) is 24.0. The van der Waals surface area contributed by atoms with Gasteiger partial charge in [0.15, 0.2) is 17.6 Å². The predicted octanol–water partition coefficient (Wildman–Crippen LogP) is 4.09. The van der Waals surface area contributed by atoms with Gasteiger partial charge in [-0.1, -0.05) is 26.0 Å². The van der Waals surface area contributed by atoms with Crippen molar-refractivity contribution in [2.75, 3.05) is 26.6 Å². The highest BCUT2D eigenvalue weighted by Crippen LogP contribution is 2.36. The molecule has 0 saturated heterocycles. The molecule has 10 nitrogen and oxygen atoms in total. The Hall–Kier alpha value is -3.08. The van der Waals surface area contributed by atoms with E-state index in [1.807, 2.05) is 19.9 Å². The van der Waals surface area contributed by atoms with Gasteiger partial charge in [-0.2, -0.15) is 0 Å². The number of methoxy groups -OCH3 is 3.